The van der Waals surface area contributed by atoms with E-state index in [-0.39, 0.29) is 84.5 Å². The number of carbonyl (C=O) groups is 7. The summed E-state index contributed by atoms with van der Waals surface area (Å²) < 4.78 is 39.2. The predicted molar refractivity (Wildman–Crippen MR) is 311 cm³/mol. The van der Waals surface area contributed by atoms with Crippen LogP contribution in [0.5, 0.6) is 0 Å². The number of hydrogen-bond acceptors (Lipinski definition) is 13. The van der Waals surface area contributed by atoms with Gasteiger partial charge in [0.15, 0.2) is 0 Å². The van der Waals surface area contributed by atoms with Gasteiger partial charge in [-0.15, -0.1) is 0 Å². The summed E-state index contributed by atoms with van der Waals surface area (Å²) in [5.74, 6) is -8.95. The van der Waals surface area contributed by atoms with Crippen LogP contribution in [0.1, 0.15) is 197 Å². The van der Waals surface area contributed by atoms with Crippen LogP contribution >= 0.6 is 0 Å². The van der Waals surface area contributed by atoms with Gasteiger partial charge in [-0.1, -0.05) is 91.9 Å². The van der Waals surface area contributed by atoms with Crippen LogP contribution in [-0.4, -0.2) is 112 Å². The van der Waals surface area contributed by atoms with Crippen LogP contribution in [0, 0.1) is 118 Å². The van der Waals surface area contributed by atoms with Crippen LogP contribution in [0.4, 0.5) is 0 Å². The van der Waals surface area contributed by atoms with E-state index < -0.39 is 85.4 Å². The fourth-order valence-corrected chi connectivity index (χ4v) is 24.4. The summed E-state index contributed by atoms with van der Waals surface area (Å²) >= 11 is 0. The molecule has 466 valence electrons. The highest BCUT2D eigenvalue weighted by atomic mass is 28.4. The third-order valence-electron chi connectivity index (χ3n) is 24.2. The normalized spacial score (nSPS) is 39.3. The van der Waals surface area contributed by atoms with Crippen molar-refractivity contribution in [3.63, 3.8) is 0 Å². The number of epoxide rings is 1. The lowest BCUT2D eigenvalue weighted by Gasteiger charge is -2.55. The first-order valence-corrected chi connectivity index (χ1v) is 35.6. The quantitative estimate of drug-likeness (QED) is 0.0217. The predicted octanol–water partition coefficient (Wildman–Crippen LogP) is 10.8. The highest BCUT2D eigenvalue weighted by molar-refractivity contribution is 6.62. The molecule has 16 nitrogen and oxygen atoms in total. The average Bonchev–Trinajstić information content (AvgIpc) is 1.76. The van der Waals surface area contributed by atoms with Crippen molar-refractivity contribution in [2.45, 2.75) is 214 Å². The molecule has 7 aliphatic carbocycles. The van der Waals surface area contributed by atoms with Crippen molar-refractivity contribution in [3.05, 3.63) is 0 Å². The number of hydrogen-bond donors (Lipinski definition) is 2. The molecule has 83 heavy (non-hydrogen) atoms. The van der Waals surface area contributed by atoms with Crippen molar-refractivity contribution in [1.82, 2.24) is 10.2 Å². The van der Waals surface area contributed by atoms with Gasteiger partial charge in [-0.2, -0.15) is 0 Å². The molecular formula is C66H104N2O14Si. The van der Waals surface area contributed by atoms with Crippen LogP contribution in [0.2, 0.25) is 5.54 Å². The van der Waals surface area contributed by atoms with E-state index in [0.29, 0.717) is 87.6 Å². The smallest absolute Gasteiger partial charge is 0.481 e. The summed E-state index contributed by atoms with van der Waals surface area (Å²) in [5.41, 5.74) is -2.06. The van der Waals surface area contributed by atoms with Crippen molar-refractivity contribution in [2.24, 2.45) is 118 Å². The summed E-state index contributed by atoms with van der Waals surface area (Å²) in [6.45, 7) is 17.9. The van der Waals surface area contributed by atoms with Gasteiger partial charge in [0.1, 0.15) is 0 Å². The average molecular weight is 1180 g/mol. The summed E-state index contributed by atoms with van der Waals surface area (Å²) in [6, 6.07) is -0.226. The summed E-state index contributed by atoms with van der Waals surface area (Å²) in [7, 11) is -3.59. The lowest BCUT2D eigenvalue weighted by atomic mass is 9.49. The molecule has 10 rings (SSSR count). The van der Waals surface area contributed by atoms with Crippen molar-refractivity contribution in [1.29, 1.82) is 0 Å². The molecule has 0 radical (unpaired) electrons. The number of fused-ring (bicyclic) bond motifs is 6. The lowest BCUT2D eigenvalue weighted by Crippen LogP contribution is -2.61. The standard InChI is InChI=1S/C66H104N2O14Si/c1-9-14-27-77-64(75)58(56-50(59(69)67-60(56)70)35-45-38(7)61(71)68(62(45)72)43-24-20-18-21-25-43)66(8,65(76)78-28-15-10-2)57-49-33-42(34-51(49)83(80-11-3,81-12-4)82-13-5)54(57)55-46-32-41(29-39(46)23-19-16-17-22-26-44-36-79-44)53(55)52-37(6)40-30-47(52)48(31-40)63(73)74/h37-58H,9-36H2,1-8H3,(H,73,74)(H,67,69,70). The van der Waals surface area contributed by atoms with Crippen LogP contribution in [0.25, 0.3) is 0 Å². The van der Waals surface area contributed by atoms with Gasteiger partial charge in [0, 0.05) is 37.3 Å². The topological polar surface area (TPSA) is 214 Å². The van der Waals surface area contributed by atoms with Crippen LogP contribution < -0.4 is 5.32 Å². The van der Waals surface area contributed by atoms with E-state index in [1.807, 2.05) is 41.5 Å². The van der Waals surface area contributed by atoms with Crippen molar-refractivity contribution in [3.8, 4) is 0 Å². The number of unbranched alkanes of at least 4 members (excludes halogenated alkanes) is 5. The molecule has 6 bridgehead atoms. The first kappa shape index (κ1) is 62.8. The van der Waals surface area contributed by atoms with E-state index in [1.54, 1.807) is 6.92 Å². The molecule has 0 aromatic carbocycles. The van der Waals surface area contributed by atoms with Crippen LogP contribution in [0.15, 0.2) is 0 Å². The Morgan fingerprint density at radius 3 is 1.94 bits per heavy atom. The van der Waals surface area contributed by atoms with E-state index in [9.17, 15) is 24.3 Å². The van der Waals surface area contributed by atoms with E-state index >= 15 is 14.4 Å². The minimum absolute atomic E-state index is 0.0349. The number of carboxylic acids is 1. The Balaban J connectivity index is 1.12. The van der Waals surface area contributed by atoms with E-state index in [2.05, 4.69) is 12.2 Å². The molecule has 3 aliphatic heterocycles. The Hall–Kier alpha value is -3.25. The Morgan fingerprint density at radius 2 is 1.31 bits per heavy atom. The highest BCUT2D eigenvalue weighted by Gasteiger charge is 2.75. The zero-order chi connectivity index (χ0) is 59.1. The summed E-state index contributed by atoms with van der Waals surface area (Å²) in [4.78, 5) is 106. The molecule has 22 unspecified atom stereocenters. The van der Waals surface area contributed by atoms with E-state index in [4.69, 9.17) is 27.5 Å². The molecule has 0 spiro atoms. The van der Waals surface area contributed by atoms with E-state index in [0.717, 1.165) is 103 Å². The van der Waals surface area contributed by atoms with Crippen LogP contribution in [-0.2, 0) is 61.1 Å². The molecule has 7 saturated carbocycles. The Kier molecular flexibility index (Phi) is 20.1. The Morgan fingerprint density at radius 1 is 0.687 bits per heavy atom. The number of imide groups is 2. The summed E-state index contributed by atoms with van der Waals surface area (Å²) in [6.07, 6.45) is 19.2. The number of nitrogens with one attached hydrogen (secondary N) is 1. The second kappa shape index (κ2) is 26.6. The second-order valence-electron chi connectivity index (χ2n) is 28.3. The first-order chi connectivity index (χ1) is 40.0. The Labute approximate surface area is 496 Å². The van der Waals surface area contributed by atoms with Gasteiger partial charge < -0.3 is 32.6 Å². The lowest BCUT2D eigenvalue weighted by molar-refractivity contribution is -0.186. The molecular weight excluding hydrogens is 1070 g/mol. The first-order valence-electron chi connectivity index (χ1n) is 33.8. The van der Waals surface area contributed by atoms with Crippen molar-refractivity contribution >= 4 is 50.3 Å². The monoisotopic (exact) mass is 1180 g/mol. The molecule has 0 aromatic heterocycles. The third-order valence-corrected chi connectivity index (χ3v) is 27.8. The maximum atomic E-state index is 16.5. The zero-order valence-electron chi connectivity index (χ0n) is 51.7. The number of likely N-dealkylation sites (tertiary alicyclic amines) is 1. The van der Waals surface area contributed by atoms with Crippen LogP contribution in [0.3, 0.4) is 0 Å². The molecule has 10 fully saturated rings. The molecule has 22 atom stereocenters. The number of nitrogens with zero attached hydrogens (tertiary/aromatic N) is 1. The number of rotatable bonds is 31. The SMILES string of the molecule is CCCCOC(=O)C(C1C(=O)NC(=O)C1CC1C(=O)N(C2CCCCC2)C(=O)C1C)C(C)(C(=O)OCCCC)C1C2CC(CC2[Si](OCC)(OCC)OCC)C1C1C2CC(CC2CCCCCCC2CO2)C1C1C(C)C2CC(C(=O)O)C1C2. The molecule has 17 heteroatoms. The highest BCUT2D eigenvalue weighted by Crippen LogP contribution is 2.76. The van der Waals surface area contributed by atoms with Crippen molar-refractivity contribution in [2.75, 3.05) is 39.6 Å². The van der Waals surface area contributed by atoms with Gasteiger partial charge in [-0.05, 0) is 182 Å². The number of carboxylic acid groups (broad SMARTS) is 1. The van der Waals surface area contributed by atoms with Gasteiger partial charge >= 0.3 is 26.7 Å². The second-order valence-corrected chi connectivity index (χ2v) is 31.1. The van der Waals surface area contributed by atoms with E-state index in [1.165, 1.54) is 11.3 Å². The number of carbonyl (C=O) groups excluding carboxylic acids is 6. The summed E-state index contributed by atoms with van der Waals surface area (Å²) in [5, 5.41) is 13.5. The van der Waals surface area contributed by atoms with Gasteiger partial charge in [0.2, 0.25) is 23.6 Å². The molecule has 0 aromatic rings. The van der Waals surface area contributed by atoms with Gasteiger partial charge in [-0.25, -0.2) is 0 Å². The maximum absolute atomic E-state index is 16.5. The molecule has 4 amide bonds. The largest absolute Gasteiger partial charge is 0.504 e. The fourth-order valence-electron chi connectivity index (χ4n) is 20.8. The number of amides is 4. The fraction of sp³-hybridized carbons (Fsp3) is 0.894. The number of esters is 2. The number of aliphatic carboxylic acids is 1. The minimum atomic E-state index is -3.59. The van der Waals surface area contributed by atoms with Gasteiger partial charge in [0.25, 0.3) is 0 Å². The molecule has 2 N–H and O–H groups in total. The van der Waals surface area contributed by atoms with Gasteiger partial charge in [-0.3, -0.25) is 43.8 Å². The molecule has 10 aliphatic rings. The van der Waals surface area contributed by atoms with Crippen molar-refractivity contribution < 1.29 is 66.2 Å². The minimum Gasteiger partial charge on any atom is -0.481 e. The molecule has 3 heterocycles. The van der Waals surface area contributed by atoms with Gasteiger partial charge in [0.05, 0.1) is 60.9 Å². The molecule has 3 saturated heterocycles. The number of ether oxygens (including phenoxy) is 3. The maximum Gasteiger partial charge on any atom is 0.504 e. The Bertz CT molecular complexity index is 2330. The zero-order valence-corrected chi connectivity index (χ0v) is 52.7. The third kappa shape index (κ3) is 11.7.